The number of carbonyl (C=O) groups is 1. The molecule has 1 atom stereocenters. The summed E-state index contributed by atoms with van der Waals surface area (Å²) in [5, 5.41) is 25.0. The lowest BCUT2D eigenvalue weighted by atomic mass is 10.2. The Morgan fingerprint density at radius 1 is 1.23 bits per heavy atom. The van der Waals surface area contributed by atoms with Crippen molar-refractivity contribution in [3.8, 4) is 23.0 Å². The van der Waals surface area contributed by atoms with Crippen molar-refractivity contribution in [2.45, 2.75) is 39.0 Å². The Morgan fingerprint density at radius 3 is 2.58 bits per heavy atom. The molecule has 0 fully saturated rings. The van der Waals surface area contributed by atoms with Gasteiger partial charge in [-0.2, -0.15) is 4.80 Å². The van der Waals surface area contributed by atoms with E-state index in [2.05, 4.69) is 25.7 Å². The predicted molar refractivity (Wildman–Crippen MR) is 113 cm³/mol. The van der Waals surface area contributed by atoms with Crippen LogP contribution in [-0.4, -0.2) is 54.6 Å². The molecule has 0 unspecified atom stereocenters. The van der Waals surface area contributed by atoms with Gasteiger partial charge in [0.05, 0.1) is 24.2 Å². The number of hydrogen-bond donors (Lipinski definition) is 2. The molecule has 31 heavy (non-hydrogen) atoms. The Kier molecular flexibility index (Phi) is 7.03. The highest BCUT2D eigenvalue weighted by Crippen LogP contribution is 2.23. The summed E-state index contributed by atoms with van der Waals surface area (Å²) >= 11 is 5.82. The largest absolute Gasteiger partial charge is 0.444 e. The number of rotatable bonds is 7. The Balaban J connectivity index is 1.60. The number of halogens is 1. The molecule has 0 bridgehead atoms. The molecule has 0 spiro atoms. The molecular weight excluding hydrogens is 424 g/mol. The van der Waals surface area contributed by atoms with Crippen LogP contribution in [0.15, 0.2) is 42.6 Å². The molecule has 3 rings (SSSR count). The van der Waals surface area contributed by atoms with Gasteiger partial charge >= 0.3 is 6.09 Å². The number of hydrogen-bond acceptors (Lipinski definition) is 8. The molecule has 0 saturated heterocycles. The molecule has 0 aliphatic rings. The Labute approximate surface area is 184 Å². The van der Waals surface area contributed by atoms with Gasteiger partial charge in [0.2, 0.25) is 11.7 Å². The van der Waals surface area contributed by atoms with Gasteiger partial charge in [-0.05, 0) is 56.3 Å². The van der Waals surface area contributed by atoms with Gasteiger partial charge in [-0.3, -0.25) is 0 Å². The van der Waals surface area contributed by atoms with Crippen LogP contribution in [0.2, 0.25) is 5.02 Å². The fourth-order valence-electron chi connectivity index (χ4n) is 2.47. The molecule has 0 aliphatic carbocycles. The fourth-order valence-corrected chi connectivity index (χ4v) is 2.58. The van der Waals surface area contributed by atoms with Gasteiger partial charge in [-0.25, -0.2) is 9.78 Å². The van der Waals surface area contributed by atoms with Crippen molar-refractivity contribution < 1.29 is 19.4 Å². The van der Waals surface area contributed by atoms with E-state index in [0.29, 0.717) is 22.5 Å². The van der Waals surface area contributed by atoms with Crippen LogP contribution in [-0.2, 0) is 11.3 Å². The summed E-state index contributed by atoms with van der Waals surface area (Å²) in [5.41, 5.74) is 0.0886. The lowest BCUT2D eigenvalue weighted by molar-refractivity contribution is 0.0472. The predicted octanol–water partition coefficient (Wildman–Crippen LogP) is 3.07. The highest BCUT2D eigenvalue weighted by molar-refractivity contribution is 6.30. The van der Waals surface area contributed by atoms with Crippen molar-refractivity contribution in [1.82, 2.24) is 30.5 Å². The van der Waals surface area contributed by atoms with Crippen LogP contribution in [0.5, 0.6) is 11.6 Å². The summed E-state index contributed by atoms with van der Waals surface area (Å²) < 4.78 is 10.8. The smallest absolute Gasteiger partial charge is 0.408 e. The normalized spacial score (nSPS) is 12.3. The zero-order chi connectivity index (χ0) is 22.4. The van der Waals surface area contributed by atoms with E-state index in [9.17, 15) is 9.90 Å². The highest BCUT2D eigenvalue weighted by atomic mass is 35.5. The fraction of sp³-hybridized carbons (Fsp3) is 0.350. The summed E-state index contributed by atoms with van der Waals surface area (Å²) in [6.45, 7) is 5.10. The summed E-state index contributed by atoms with van der Waals surface area (Å²) in [6, 6.07) is 9.83. The Morgan fingerprint density at radius 2 is 1.97 bits per heavy atom. The van der Waals surface area contributed by atoms with Crippen LogP contribution >= 0.6 is 11.6 Å². The van der Waals surface area contributed by atoms with Gasteiger partial charge < -0.3 is 19.9 Å². The molecule has 2 aromatic heterocycles. The van der Waals surface area contributed by atoms with E-state index >= 15 is 0 Å². The number of aromatic nitrogens is 5. The molecule has 11 heteroatoms. The molecule has 0 radical (unpaired) electrons. The van der Waals surface area contributed by atoms with Gasteiger partial charge in [-0.1, -0.05) is 11.6 Å². The third kappa shape index (κ3) is 6.90. The Bertz CT molecular complexity index is 1000. The average Bonchev–Trinajstić information content (AvgIpc) is 3.17. The number of benzene rings is 1. The second-order valence-corrected chi connectivity index (χ2v) is 8.07. The first-order valence-corrected chi connectivity index (χ1v) is 9.87. The molecule has 10 nitrogen and oxygen atoms in total. The molecule has 2 heterocycles. The minimum Gasteiger partial charge on any atom is -0.444 e. The van der Waals surface area contributed by atoms with E-state index in [1.54, 1.807) is 57.2 Å². The van der Waals surface area contributed by atoms with Crippen molar-refractivity contribution in [2.75, 3.05) is 6.61 Å². The first kappa shape index (κ1) is 22.4. The van der Waals surface area contributed by atoms with E-state index in [1.807, 2.05) is 0 Å². The SMILES string of the molecule is CC(C)(C)OC(=O)N[C@@H](CO)Cn1nnc(-c2ccc(Oc3ccc(Cl)cn3)cc2)n1. The molecule has 1 aromatic carbocycles. The Hall–Kier alpha value is -3.24. The molecule has 1 amide bonds. The third-order valence-corrected chi connectivity index (χ3v) is 4.04. The van der Waals surface area contributed by atoms with Crippen molar-refractivity contribution in [3.63, 3.8) is 0 Å². The molecule has 164 valence electrons. The molecule has 2 N–H and O–H groups in total. The zero-order valence-electron chi connectivity index (χ0n) is 17.3. The first-order chi connectivity index (χ1) is 14.7. The van der Waals surface area contributed by atoms with Crippen LogP contribution in [0, 0.1) is 0 Å². The van der Waals surface area contributed by atoms with E-state index in [0.717, 1.165) is 5.56 Å². The topological polar surface area (TPSA) is 124 Å². The minimum absolute atomic E-state index is 0.131. The number of carbonyl (C=O) groups excluding carboxylic acids is 1. The zero-order valence-corrected chi connectivity index (χ0v) is 18.1. The lowest BCUT2D eigenvalue weighted by Gasteiger charge is -2.22. The van der Waals surface area contributed by atoms with Gasteiger partial charge in [-0.15, -0.1) is 10.2 Å². The van der Waals surface area contributed by atoms with Crippen molar-refractivity contribution in [1.29, 1.82) is 0 Å². The van der Waals surface area contributed by atoms with Gasteiger partial charge in [0.15, 0.2) is 0 Å². The first-order valence-electron chi connectivity index (χ1n) is 9.50. The summed E-state index contributed by atoms with van der Waals surface area (Å²) in [7, 11) is 0. The third-order valence-electron chi connectivity index (χ3n) is 3.81. The van der Waals surface area contributed by atoms with E-state index in [1.165, 1.54) is 11.0 Å². The van der Waals surface area contributed by atoms with Crippen LogP contribution in [0.25, 0.3) is 11.4 Å². The van der Waals surface area contributed by atoms with E-state index < -0.39 is 17.7 Å². The average molecular weight is 447 g/mol. The summed E-state index contributed by atoms with van der Waals surface area (Å²) in [4.78, 5) is 17.3. The number of nitrogens with one attached hydrogen (secondary N) is 1. The van der Waals surface area contributed by atoms with Gasteiger partial charge in [0.25, 0.3) is 0 Å². The number of ether oxygens (including phenoxy) is 2. The van der Waals surface area contributed by atoms with Crippen LogP contribution in [0.1, 0.15) is 20.8 Å². The monoisotopic (exact) mass is 446 g/mol. The number of alkyl carbamates (subject to hydrolysis) is 1. The van der Waals surface area contributed by atoms with Crippen LogP contribution in [0.4, 0.5) is 4.79 Å². The highest BCUT2D eigenvalue weighted by Gasteiger charge is 2.20. The van der Waals surface area contributed by atoms with E-state index in [4.69, 9.17) is 21.1 Å². The molecular formula is C20H23ClN6O4. The quantitative estimate of drug-likeness (QED) is 0.567. The molecule has 0 saturated carbocycles. The number of tetrazole rings is 1. The van der Waals surface area contributed by atoms with Crippen molar-refractivity contribution >= 4 is 17.7 Å². The van der Waals surface area contributed by atoms with Crippen molar-refractivity contribution in [3.05, 3.63) is 47.6 Å². The maximum absolute atomic E-state index is 11.9. The van der Waals surface area contributed by atoms with Gasteiger partial charge in [0, 0.05) is 17.8 Å². The maximum Gasteiger partial charge on any atom is 0.408 e. The maximum atomic E-state index is 11.9. The minimum atomic E-state index is -0.637. The standard InChI is InChI=1S/C20H23ClN6O4/c1-20(2,3)31-19(29)23-15(12-28)11-27-25-18(24-26-27)13-4-7-16(8-5-13)30-17-9-6-14(21)10-22-17/h4-10,15,28H,11-12H2,1-3H3,(H,23,29)/t15-/m1/s1. The van der Waals surface area contributed by atoms with E-state index in [-0.39, 0.29) is 13.2 Å². The number of aliphatic hydroxyl groups is 1. The number of amides is 1. The number of aliphatic hydroxyl groups excluding tert-OH is 1. The summed E-state index contributed by atoms with van der Waals surface area (Å²) in [6.07, 6.45) is 0.878. The second kappa shape index (κ2) is 9.71. The number of pyridine rings is 1. The second-order valence-electron chi connectivity index (χ2n) is 7.63. The molecule has 0 aliphatic heterocycles. The summed E-state index contributed by atoms with van der Waals surface area (Å²) in [5.74, 6) is 1.41. The lowest BCUT2D eigenvalue weighted by Crippen LogP contribution is -2.43. The van der Waals surface area contributed by atoms with Crippen molar-refractivity contribution in [2.24, 2.45) is 0 Å². The number of nitrogens with zero attached hydrogens (tertiary/aromatic N) is 5. The van der Waals surface area contributed by atoms with Gasteiger partial charge in [0.1, 0.15) is 11.4 Å². The molecule has 3 aromatic rings. The van der Waals surface area contributed by atoms with Crippen LogP contribution < -0.4 is 10.1 Å². The van der Waals surface area contributed by atoms with Crippen LogP contribution in [0.3, 0.4) is 0 Å².